The largest absolute Gasteiger partial charge is 1.00 e. The second-order valence-electron chi connectivity index (χ2n) is 2.07. The van der Waals surface area contributed by atoms with Gasteiger partial charge in [-0.25, -0.2) is 0 Å². The minimum absolute atomic E-state index is 0. The van der Waals surface area contributed by atoms with Crippen molar-refractivity contribution in [2.45, 2.75) is 6.92 Å². The van der Waals surface area contributed by atoms with E-state index < -0.39 is 0 Å². The van der Waals surface area contributed by atoms with Crippen LogP contribution in [0.2, 0.25) is 5.02 Å². The average molecular weight is 178 g/mol. The molecule has 0 saturated carbocycles. The van der Waals surface area contributed by atoms with E-state index in [0.29, 0.717) is 0 Å². The minimum Gasteiger partial charge on any atom is -1.00 e. The number of hydrogen-bond acceptors (Lipinski definition) is 0. The quantitative estimate of drug-likeness (QED) is 0.502. The van der Waals surface area contributed by atoms with Gasteiger partial charge >= 0.3 is 0 Å². The molecular weight excluding hydrogens is 169 g/mol. The Morgan fingerprint density at radius 2 is 2.00 bits per heavy atom. The molecule has 0 aliphatic heterocycles. The predicted molar refractivity (Wildman–Crippen MR) is 38.7 cm³/mol. The Hall–Kier alpha value is -0.240. The van der Waals surface area contributed by atoms with Crippen molar-refractivity contribution in [3.8, 4) is 0 Å². The molecule has 56 valence electrons. The highest BCUT2D eigenvalue weighted by atomic mass is 35.5. The molecule has 0 bridgehead atoms. The van der Waals surface area contributed by atoms with Crippen LogP contribution < -0.4 is 18.1 Å². The van der Waals surface area contributed by atoms with Crippen molar-refractivity contribution in [3.05, 3.63) is 28.8 Å². The maximum Gasteiger partial charge on any atom is 0.132 e. The Balaban J connectivity index is 0.000000810. The van der Waals surface area contributed by atoms with Crippen molar-refractivity contribution < 1.29 is 18.1 Å². The zero-order valence-corrected chi connectivity index (χ0v) is 7.21. The lowest BCUT2D eigenvalue weighted by molar-refractivity contribution is -0.255. The molecule has 0 aliphatic carbocycles. The Labute approximate surface area is 71.6 Å². The molecular formula is C7H9Cl2N. The van der Waals surface area contributed by atoms with Crippen LogP contribution in [0.1, 0.15) is 5.56 Å². The van der Waals surface area contributed by atoms with E-state index >= 15 is 0 Å². The molecule has 3 heteroatoms. The fourth-order valence-electron chi connectivity index (χ4n) is 0.640. The topological polar surface area (TPSA) is 27.6 Å². The minimum atomic E-state index is 0. The third-order valence-electron chi connectivity index (χ3n) is 1.31. The molecule has 0 radical (unpaired) electrons. The molecule has 0 fully saturated rings. The molecule has 0 aromatic heterocycles. The molecule has 10 heavy (non-hydrogen) atoms. The lowest BCUT2D eigenvalue weighted by Crippen LogP contribution is -3.00. The number of aryl methyl sites for hydroxylation is 1. The molecule has 1 aromatic rings. The fourth-order valence-corrected chi connectivity index (χ4v) is 0.835. The molecule has 0 atom stereocenters. The van der Waals surface area contributed by atoms with Crippen LogP contribution in [0.5, 0.6) is 0 Å². The van der Waals surface area contributed by atoms with Crippen molar-refractivity contribution in [1.82, 2.24) is 0 Å². The first-order valence-electron chi connectivity index (χ1n) is 2.78. The zero-order valence-electron chi connectivity index (χ0n) is 5.70. The Morgan fingerprint density at radius 3 is 2.40 bits per heavy atom. The van der Waals surface area contributed by atoms with Gasteiger partial charge in [-0.1, -0.05) is 17.7 Å². The molecule has 1 nitrogen and oxygen atoms in total. The van der Waals surface area contributed by atoms with Crippen LogP contribution in [0.15, 0.2) is 18.2 Å². The summed E-state index contributed by atoms with van der Waals surface area (Å²) in [4.78, 5) is 0. The SMILES string of the molecule is Cc1ccc(Cl)cc1[NH3+].[Cl-]. The monoisotopic (exact) mass is 177 g/mol. The van der Waals surface area contributed by atoms with Crippen LogP contribution in [0.4, 0.5) is 5.69 Å². The van der Waals surface area contributed by atoms with Gasteiger partial charge < -0.3 is 18.1 Å². The van der Waals surface area contributed by atoms with Crippen LogP contribution in [0, 0.1) is 6.92 Å². The van der Waals surface area contributed by atoms with E-state index in [1.54, 1.807) is 0 Å². The molecule has 3 N–H and O–H groups in total. The summed E-state index contributed by atoms with van der Waals surface area (Å²) in [6, 6.07) is 5.69. The fraction of sp³-hybridized carbons (Fsp3) is 0.143. The molecule has 0 unspecified atom stereocenters. The first-order valence-corrected chi connectivity index (χ1v) is 3.16. The van der Waals surface area contributed by atoms with Crippen molar-refractivity contribution in [1.29, 1.82) is 0 Å². The first kappa shape index (κ1) is 9.76. The predicted octanol–water partition coefficient (Wildman–Crippen LogP) is -1.47. The van der Waals surface area contributed by atoms with E-state index in [1.165, 1.54) is 5.56 Å². The first-order chi connectivity index (χ1) is 4.20. The number of halogens is 2. The molecule has 1 aromatic carbocycles. The molecule has 1 rings (SSSR count). The van der Waals surface area contributed by atoms with E-state index in [0.717, 1.165) is 10.7 Å². The van der Waals surface area contributed by atoms with Crippen LogP contribution in [0.25, 0.3) is 0 Å². The van der Waals surface area contributed by atoms with Crippen molar-refractivity contribution in [2.75, 3.05) is 0 Å². The van der Waals surface area contributed by atoms with Gasteiger partial charge in [0.2, 0.25) is 0 Å². The van der Waals surface area contributed by atoms with E-state index in [1.807, 2.05) is 25.1 Å². The molecule has 0 aliphatic rings. The molecule has 0 heterocycles. The standard InChI is InChI=1S/C7H8ClN.ClH/c1-5-2-3-6(8)4-7(5)9;/h2-4H,9H2,1H3;1H. The maximum absolute atomic E-state index is 5.68. The van der Waals surface area contributed by atoms with Gasteiger partial charge in [0.25, 0.3) is 0 Å². The van der Waals surface area contributed by atoms with E-state index in [9.17, 15) is 0 Å². The molecule has 0 amide bonds. The lowest BCUT2D eigenvalue weighted by atomic mass is 10.2. The summed E-state index contributed by atoms with van der Waals surface area (Å²) < 4.78 is 0. The summed E-state index contributed by atoms with van der Waals surface area (Å²) in [6.07, 6.45) is 0. The Morgan fingerprint density at radius 1 is 1.40 bits per heavy atom. The third-order valence-corrected chi connectivity index (χ3v) is 1.55. The normalized spacial score (nSPS) is 8.70. The number of rotatable bonds is 0. The molecule has 0 spiro atoms. The second kappa shape index (κ2) is 3.81. The van der Waals surface area contributed by atoms with Crippen molar-refractivity contribution >= 4 is 17.3 Å². The molecule has 0 saturated heterocycles. The Kier molecular flexibility index (Phi) is 3.72. The zero-order chi connectivity index (χ0) is 6.85. The van der Waals surface area contributed by atoms with Gasteiger partial charge in [-0.05, 0) is 13.0 Å². The number of quaternary nitrogens is 1. The second-order valence-corrected chi connectivity index (χ2v) is 2.51. The van der Waals surface area contributed by atoms with Gasteiger partial charge in [-0.15, -0.1) is 0 Å². The summed E-state index contributed by atoms with van der Waals surface area (Å²) in [5, 5.41) is 0.755. The van der Waals surface area contributed by atoms with Gasteiger partial charge in [0.05, 0.1) is 0 Å². The summed E-state index contributed by atoms with van der Waals surface area (Å²) in [7, 11) is 0. The highest BCUT2D eigenvalue weighted by Gasteiger charge is 1.95. The van der Waals surface area contributed by atoms with E-state index in [2.05, 4.69) is 5.73 Å². The summed E-state index contributed by atoms with van der Waals surface area (Å²) >= 11 is 5.68. The van der Waals surface area contributed by atoms with Gasteiger partial charge in [0.1, 0.15) is 5.69 Å². The van der Waals surface area contributed by atoms with Crippen molar-refractivity contribution in [3.63, 3.8) is 0 Å². The van der Waals surface area contributed by atoms with E-state index in [4.69, 9.17) is 11.6 Å². The van der Waals surface area contributed by atoms with Gasteiger partial charge in [0.15, 0.2) is 0 Å². The smallest absolute Gasteiger partial charge is 0.132 e. The number of hydrogen-bond donors (Lipinski definition) is 1. The number of benzene rings is 1. The maximum atomic E-state index is 5.68. The van der Waals surface area contributed by atoms with Gasteiger partial charge in [0, 0.05) is 16.7 Å². The summed E-state index contributed by atoms with van der Waals surface area (Å²) in [5.41, 5.74) is 5.98. The van der Waals surface area contributed by atoms with Crippen LogP contribution in [0.3, 0.4) is 0 Å². The Bertz CT molecular complexity index is 223. The van der Waals surface area contributed by atoms with Gasteiger partial charge in [-0.3, -0.25) is 0 Å². The van der Waals surface area contributed by atoms with Crippen LogP contribution in [-0.4, -0.2) is 0 Å². The van der Waals surface area contributed by atoms with E-state index in [-0.39, 0.29) is 12.4 Å². The summed E-state index contributed by atoms with van der Waals surface area (Å²) in [5.74, 6) is 0. The van der Waals surface area contributed by atoms with Gasteiger partial charge in [-0.2, -0.15) is 0 Å². The lowest BCUT2D eigenvalue weighted by Gasteiger charge is -1.93. The average Bonchev–Trinajstić information content (AvgIpc) is 1.80. The third kappa shape index (κ3) is 2.18. The summed E-state index contributed by atoms with van der Waals surface area (Å²) in [6.45, 7) is 2.01. The van der Waals surface area contributed by atoms with Crippen molar-refractivity contribution in [2.24, 2.45) is 0 Å². The highest BCUT2D eigenvalue weighted by molar-refractivity contribution is 6.30. The highest BCUT2D eigenvalue weighted by Crippen LogP contribution is 2.14. The van der Waals surface area contributed by atoms with Crippen LogP contribution in [-0.2, 0) is 0 Å². The van der Waals surface area contributed by atoms with Crippen LogP contribution >= 0.6 is 11.6 Å².